The van der Waals surface area contributed by atoms with Gasteiger partial charge in [0.2, 0.25) is 29.5 Å². The normalized spacial score (nSPS) is 22.7. The maximum atomic E-state index is 15.3. The number of nitrogens with one attached hydrogen (secondary N) is 8. The number of aliphatic hydroxyl groups excluding tert-OH is 8. The van der Waals surface area contributed by atoms with Crippen LogP contribution >= 0.6 is 22.7 Å². The number of aromatic amines is 1. The number of thiazole rings is 2. The Hall–Kier alpha value is -9.13. The van der Waals surface area contributed by atoms with Gasteiger partial charge in [-0.25, -0.2) is 29.7 Å². The summed E-state index contributed by atoms with van der Waals surface area (Å²) in [6, 6.07) is 5.71. The Kier molecular flexibility index (Phi) is 31.0. The van der Waals surface area contributed by atoms with Crippen molar-refractivity contribution in [3.05, 3.63) is 99.2 Å². The number of H-pyrrole nitrogens is 1. The van der Waals surface area contributed by atoms with Crippen molar-refractivity contribution in [2.75, 3.05) is 61.7 Å². The number of rotatable bonds is 38. The summed E-state index contributed by atoms with van der Waals surface area (Å²) in [5.74, 6) is -7.89. The summed E-state index contributed by atoms with van der Waals surface area (Å²) >= 11 is 2.46. The van der Waals surface area contributed by atoms with Gasteiger partial charge >= 0.3 is 6.09 Å². The number of hydrogen-bond acceptors (Lipinski definition) is 32. The second kappa shape index (κ2) is 39.5. The van der Waals surface area contributed by atoms with Crippen LogP contribution in [-0.4, -0.2) is 273 Å². The fraction of sp³-hybridized carbons (Fsp3) is 0.515. The SMILES string of the molecule is Cc1c(N)nc(C(CC(N)=O)NCC(N)C(N)=O)nc1C(=O)NC(C(=O)NC(C)C(O)C(C)C(=O)NC(C(=O)NCCc1nc(-c2nc(C(=O)NCCC[S+](C)CC(=O)Nc3ccc4ccccc4c3)cs2)cs1)C(C)O)C(O[C@@H]1O[C@@H](CO)[C@@H](O)[C@@H](O)[C@@H]1O[C@H]1O[C@H](CO)[C@@H](O)[C@@H](OC(N)=O)[C@@H]1O)c1cnc[nH]1. The van der Waals surface area contributed by atoms with E-state index in [1.54, 1.807) is 10.8 Å². The summed E-state index contributed by atoms with van der Waals surface area (Å²) in [5, 5.41) is 113. The summed E-state index contributed by atoms with van der Waals surface area (Å²) in [6.45, 7) is 2.95. The van der Waals surface area contributed by atoms with Crippen LogP contribution in [0.1, 0.15) is 88.8 Å². The molecule has 2 aliphatic heterocycles. The average Bonchev–Trinajstić information content (AvgIpc) is 1.60. The van der Waals surface area contributed by atoms with E-state index in [2.05, 4.69) is 67.1 Å². The van der Waals surface area contributed by atoms with Crippen molar-refractivity contribution in [2.24, 2.45) is 28.9 Å². The number of fused-ring (bicyclic) bond motifs is 1. The summed E-state index contributed by atoms with van der Waals surface area (Å²) in [7, 11) is -0.244. The van der Waals surface area contributed by atoms with Crippen molar-refractivity contribution in [3.8, 4) is 10.7 Å². The van der Waals surface area contributed by atoms with Crippen LogP contribution in [0.25, 0.3) is 21.5 Å². The summed E-state index contributed by atoms with van der Waals surface area (Å²) in [4.78, 5) is 144. The van der Waals surface area contributed by atoms with Crippen LogP contribution in [0, 0.1) is 12.8 Å². The number of hydrogen-bond donors (Lipinski definition) is 21. The van der Waals surface area contributed by atoms with Crippen LogP contribution in [0.3, 0.4) is 0 Å². The predicted octanol–water partition coefficient (Wildman–Crippen LogP) is -5.54. The number of imidazole rings is 1. The molecular formula is C66H91N18O22S3+. The number of amides is 9. The summed E-state index contributed by atoms with van der Waals surface area (Å²) in [6.07, 6.45) is -22.6. The van der Waals surface area contributed by atoms with Crippen LogP contribution in [0.2, 0.25) is 0 Å². The van der Waals surface area contributed by atoms with Crippen LogP contribution in [0.5, 0.6) is 0 Å². The molecule has 0 radical (unpaired) electrons. The molecule has 40 nitrogen and oxygen atoms in total. The average molecular weight is 1580 g/mol. The third-order valence-corrected chi connectivity index (χ3v) is 21.1. The van der Waals surface area contributed by atoms with Gasteiger partial charge in [-0.15, -0.1) is 22.7 Å². The Morgan fingerprint density at radius 1 is 0.761 bits per heavy atom. The molecule has 109 heavy (non-hydrogen) atoms. The second-order valence-electron chi connectivity index (χ2n) is 25.9. The molecule has 2 aromatic carbocycles. The lowest BCUT2D eigenvalue weighted by Crippen LogP contribution is -2.65. The molecule has 0 aliphatic carbocycles. The molecule has 43 heteroatoms. The highest BCUT2D eigenvalue weighted by molar-refractivity contribution is 7.96. The zero-order chi connectivity index (χ0) is 79.7. The Morgan fingerprint density at radius 3 is 2.14 bits per heavy atom. The van der Waals surface area contributed by atoms with E-state index in [0.717, 1.165) is 34.7 Å². The molecule has 6 heterocycles. The topological polar surface area (TPSA) is 656 Å². The first-order valence-electron chi connectivity index (χ1n) is 34.1. The number of aliphatic hydroxyl groups is 8. The highest BCUT2D eigenvalue weighted by Crippen LogP contribution is 2.35. The van der Waals surface area contributed by atoms with Gasteiger partial charge in [0.1, 0.15) is 100 Å². The van der Waals surface area contributed by atoms with Gasteiger partial charge in [-0.3, -0.25) is 38.4 Å². The van der Waals surface area contributed by atoms with E-state index >= 15 is 4.79 Å². The van der Waals surface area contributed by atoms with Crippen LogP contribution in [0.15, 0.2) is 65.7 Å². The van der Waals surface area contributed by atoms with Crippen LogP contribution in [-0.2, 0) is 69.8 Å². The number of primary amides is 3. The minimum Gasteiger partial charge on any atom is -0.441 e. The zero-order valence-corrected chi connectivity index (χ0v) is 62.0. The van der Waals surface area contributed by atoms with E-state index in [1.165, 1.54) is 50.4 Å². The molecule has 8 rings (SSSR count). The molecule has 0 saturated carbocycles. The van der Waals surface area contributed by atoms with Gasteiger partial charge < -0.3 is 135 Å². The van der Waals surface area contributed by atoms with Gasteiger partial charge in [0.05, 0.1) is 78.9 Å². The number of nitrogens with two attached hydrogens (primary N) is 5. The van der Waals surface area contributed by atoms with E-state index in [0.29, 0.717) is 34.4 Å². The smallest absolute Gasteiger partial charge is 0.404 e. The van der Waals surface area contributed by atoms with Gasteiger partial charge in [0.15, 0.2) is 24.4 Å². The Labute approximate surface area is 633 Å². The van der Waals surface area contributed by atoms with E-state index in [4.69, 9.17) is 52.4 Å². The number of ether oxygens (including phenoxy) is 5. The number of nitrogens with zero attached hydrogens (tertiary/aromatic N) is 5. The maximum Gasteiger partial charge on any atom is 0.404 e. The first-order valence-corrected chi connectivity index (χ1v) is 37.8. The molecule has 20 atom stereocenters. The molecule has 9 amide bonds. The monoisotopic (exact) mass is 1580 g/mol. The van der Waals surface area contributed by atoms with Crippen molar-refractivity contribution in [1.29, 1.82) is 0 Å². The molecular weight excluding hydrogens is 1490 g/mol. The standard InChI is InChI=1S/C66H90N18O22S3/c1-27-44(81-57(84-55(27)69)35(18-41(68)88)75-19-34(67)56(70)95)61(99)83-46(52(36-20-72-26-76-36)104-65-54(50(93)48(91)39(21-85)103-65)105-64-51(94)53(106-66(71)101)49(92)40(22-86)102-64)62(100)77-29(3)47(90)28(2)58(96)82-45(30(4)87)60(98)74-15-13-43-79-38(24-107-43)63-80-37(23-108-63)59(97)73-14-8-16-109(5)25-42(89)78-33-12-11-31-9-6-7-10-32(31)17-33/h6-7,9-12,17,20,23-24,26,28-30,34-35,39-40,45-54,64-65,75,85-87,90-94H,8,13-16,18-19,21-22,25,67H2,1-5H3,(H14-,68,69,70,71,72,73,74,76,77,78,81,82,83,84,88,89,95,96,97,98,99,100,101)/p+1/t28?,29?,30?,34?,35?,39-,40+,45?,46?,47?,48+,49+,50+,51-,52?,53+,54-,64+,65-,109?/m0/s1. The Balaban J connectivity index is 0.936. The van der Waals surface area contributed by atoms with Gasteiger partial charge in [0.25, 0.3) is 17.7 Å². The summed E-state index contributed by atoms with van der Waals surface area (Å²) < 4.78 is 28.8. The lowest BCUT2D eigenvalue weighted by atomic mass is 9.96. The molecule has 2 saturated heterocycles. The minimum atomic E-state index is -2.21. The fourth-order valence-electron chi connectivity index (χ4n) is 11.5. The lowest BCUT2D eigenvalue weighted by molar-refractivity contribution is -0.372. The van der Waals surface area contributed by atoms with Gasteiger partial charge in [0, 0.05) is 60.9 Å². The Morgan fingerprint density at radius 2 is 1.47 bits per heavy atom. The highest BCUT2D eigenvalue weighted by atomic mass is 32.2. The quantitative estimate of drug-likeness (QED) is 0.0127. The molecule has 2 fully saturated rings. The van der Waals surface area contributed by atoms with Gasteiger partial charge in [-0.2, -0.15) is 0 Å². The van der Waals surface area contributed by atoms with Crippen molar-refractivity contribution in [3.63, 3.8) is 0 Å². The predicted molar refractivity (Wildman–Crippen MR) is 390 cm³/mol. The number of carbonyl (C=O) groups is 9. The number of benzene rings is 2. The number of carbonyl (C=O) groups excluding carboxylic acids is 9. The van der Waals surface area contributed by atoms with Crippen LogP contribution in [0.4, 0.5) is 16.3 Å². The first-order chi connectivity index (χ1) is 51.8. The third-order valence-electron chi connectivity index (χ3n) is 17.6. The molecule has 0 bridgehead atoms. The fourth-order valence-corrected chi connectivity index (χ4v) is 14.4. The first kappa shape index (κ1) is 85.5. The lowest BCUT2D eigenvalue weighted by Gasteiger charge is -2.47. The zero-order valence-electron chi connectivity index (χ0n) is 59.5. The van der Waals surface area contributed by atoms with Crippen molar-refractivity contribution in [1.82, 2.24) is 61.8 Å². The van der Waals surface area contributed by atoms with Gasteiger partial charge in [-0.05, 0) is 54.6 Å². The van der Waals surface area contributed by atoms with E-state index < -0.39 is 183 Å². The largest absolute Gasteiger partial charge is 0.441 e. The van der Waals surface area contributed by atoms with E-state index in [-0.39, 0.29) is 70.8 Å². The second-order valence-corrected chi connectivity index (χ2v) is 29.9. The van der Waals surface area contributed by atoms with E-state index in [9.17, 15) is 79.2 Å². The third kappa shape index (κ3) is 22.8. The highest BCUT2D eigenvalue weighted by Gasteiger charge is 2.54. The number of nitrogen functional groups attached to an aromatic ring is 1. The van der Waals surface area contributed by atoms with E-state index in [1.807, 2.05) is 48.7 Å². The van der Waals surface area contributed by atoms with Crippen molar-refractivity contribution in [2.45, 2.75) is 157 Å². The van der Waals surface area contributed by atoms with Crippen molar-refractivity contribution >= 4 is 109 Å². The summed E-state index contributed by atoms with van der Waals surface area (Å²) in [5.41, 5.74) is 28.7. The Bertz CT molecular complexity index is 4130. The van der Waals surface area contributed by atoms with Crippen molar-refractivity contribution < 1.29 is 108 Å². The number of anilines is 2. The molecule has 594 valence electrons. The molecule has 2 aliphatic rings. The van der Waals surface area contributed by atoms with Crippen LogP contribution < -0.4 is 65.9 Å². The number of aromatic nitrogens is 6. The van der Waals surface area contributed by atoms with Gasteiger partial charge in [-0.1, -0.05) is 37.3 Å². The molecule has 10 unspecified atom stereocenters. The molecule has 4 aromatic heterocycles. The molecule has 6 aromatic rings. The maximum absolute atomic E-state index is 15.3. The molecule has 0 spiro atoms. The minimum absolute atomic E-state index is 0.0354. The molecule has 26 N–H and O–H groups in total.